The lowest BCUT2D eigenvalue weighted by Gasteiger charge is -2.43. The van der Waals surface area contributed by atoms with Gasteiger partial charge in [0.15, 0.2) is 0 Å². The number of hydrogen-bond donors (Lipinski definition) is 0. The third kappa shape index (κ3) is 1.39. The smallest absolute Gasteiger partial charge is 0.0878 e. The molecule has 0 amide bonds. The standard InChI is InChI=1S/C15H14Cl2N2/c1-15-5-3-7-19(15)12-9-10(16)8-11(17)14(12)18-6-2-4-13(15)18/h2,4,6,8-9H,3,5,7H2,1H3. The second kappa shape index (κ2) is 3.71. The van der Waals surface area contributed by atoms with Crippen molar-refractivity contribution in [1.29, 1.82) is 0 Å². The third-order valence-corrected chi connectivity index (χ3v) is 4.99. The van der Waals surface area contributed by atoms with Gasteiger partial charge in [0.25, 0.3) is 0 Å². The normalized spacial score (nSPS) is 24.1. The van der Waals surface area contributed by atoms with Crippen LogP contribution >= 0.6 is 23.2 Å². The summed E-state index contributed by atoms with van der Waals surface area (Å²) in [5, 5.41) is 1.42. The molecule has 4 heteroatoms. The molecule has 1 aromatic heterocycles. The second-order valence-electron chi connectivity index (χ2n) is 5.55. The van der Waals surface area contributed by atoms with Gasteiger partial charge < -0.3 is 9.47 Å². The molecule has 1 aromatic carbocycles. The molecule has 0 spiro atoms. The lowest BCUT2D eigenvalue weighted by molar-refractivity contribution is 0.458. The number of rotatable bonds is 0. The Morgan fingerprint density at radius 3 is 2.95 bits per heavy atom. The van der Waals surface area contributed by atoms with Crippen LogP contribution in [0.2, 0.25) is 10.0 Å². The highest BCUT2D eigenvalue weighted by Crippen LogP contribution is 2.50. The molecule has 1 unspecified atom stereocenters. The number of fused-ring (bicyclic) bond motifs is 6. The van der Waals surface area contributed by atoms with Gasteiger partial charge in [-0.15, -0.1) is 0 Å². The van der Waals surface area contributed by atoms with Gasteiger partial charge in [-0.2, -0.15) is 0 Å². The fraction of sp³-hybridized carbons (Fsp3) is 0.333. The molecule has 0 aliphatic carbocycles. The van der Waals surface area contributed by atoms with E-state index in [2.05, 4.69) is 34.7 Å². The Morgan fingerprint density at radius 1 is 1.26 bits per heavy atom. The SMILES string of the molecule is CC12CCCN1c1cc(Cl)cc(Cl)c1-n1cccc12. The highest BCUT2D eigenvalue weighted by Gasteiger charge is 2.44. The zero-order valence-corrected chi connectivity index (χ0v) is 12.2. The molecule has 0 N–H and O–H groups in total. The van der Waals surface area contributed by atoms with Gasteiger partial charge in [0.1, 0.15) is 0 Å². The Labute approximate surface area is 122 Å². The summed E-state index contributed by atoms with van der Waals surface area (Å²) in [7, 11) is 0. The first-order chi connectivity index (χ1) is 9.11. The second-order valence-corrected chi connectivity index (χ2v) is 6.39. The zero-order chi connectivity index (χ0) is 13.2. The van der Waals surface area contributed by atoms with Crippen molar-refractivity contribution in [1.82, 2.24) is 4.57 Å². The van der Waals surface area contributed by atoms with E-state index in [9.17, 15) is 0 Å². The third-order valence-electron chi connectivity index (χ3n) is 4.48. The van der Waals surface area contributed by atoms with E-state index in [4.69, 9.17) is 23.2 Å². The maximum Gasteiger partial charge on any atom is 0.0878 e. The molecule has 98 valence electrons. The van der Waals surface area contributed by atoms with Crippen LogP contribution < -0.4 is 4.90 Å². The van der Waals surface area contributed by atoms with Crippen molar-refractivity contribution in [3.8, 4) is 5.69 Å². The van der Waals surface area contributed by atoms with Crippen LogP contribution in [0.3, 0.4) is 0 Å². The molecule has 19 heavy (non-hydrogen) atoms. The average molecular weight is 293 g/mol. The summed E-state index contributed by atoms with van der Waals surface area (Å²) in [6.45, 7) is 3.37. The number of halogens is 2. The van der Waals surface area contributed by atoms with Crippen molar-refractivity contribution in [2.45, 2.75) is 25.3 Å². The minimum Gasteiger partial charge on any atom is -0.359 e. The van der Waals surface area contributed by atoms with E-state index >= 15 is 0 Å². The molecule has 0 radical (unpaired) electrons. The summed E-state index contributed by atoms with van der Waals surface area (Å²) in [5.41, 5.74) is 3.60. The van der Waals surface area contributed by atoms with E-state index in [1.165, 1.54) is 18.5 Å². The average Bonchev–Trinajstić information content (AvgIpc) is 2.94. The molecule has 3 heterocycles. The Kier molecular flexibility index (Phi) is 2.28. The molecule has 2 aliphatic rings. The van der Waals surface area contributed by atoms with Crippen molar-refractivity contribution in [3.63, 3.8) is 0 Å². The monoisotopic (exact) mass is 292 g/mol. The zero-order valence-electron chi connectivity index (χ0n) is 10.7. The number of aromatic nitrogens is 1. The number of hydrogen-bond acceptors (Lipinski definition) is 1. The van der Waals surface area contributed by atoms with Gasteiger partial charge >= 0.3 is 0 Å². The molecule has 1 saturated heterocycles. The molecule has 4 rings (SSSR count). The lowest BCUT2D eigenvalue weighted by Crippen LogP contribution is -2.43. The first kappa shape index (κ1) is 11.7. The maximum absolute atomic E-state index is 6.44. The summed E-state index contributed by atoms with van der Waals surface area (Å²) in [6.07, 6.45) is 4.46. The minimum absolute atomic E-state index is 0.0600. The van der Waals surface area contributed by atoms with Gasteiger partial charge in [-0.3, -0.25) is 0 Å². The summed E-state index contributed by atoms with van der Waals surface area (Å²) in [6, 6.07) is 8.16. The molecule has 1 atom stereocenters. The molecule has 1 fully saturated rings. The van der Waals surface area contributed by atoms with Crippen molar-refractivity contribution in [2.24, 2.45) is 0 Å². The molecule has 0 bridgehead atoms. The van der Waals surface area contributed by atoms with Crippen molar-refractivity contribution in [2.75, 3.05) is 11.4 Å². The van der Waals surface area contributed by atoms with Gasteiger partial charge in [-0.05, 0) is 44.0 Å². The molecule has 0 saturated carbocycles. The van der Waals surface area contributed by atoms with Crippen LogP contribution in [0.25, 0.3) is 5.69 Å². The van der Waals surface area contributed by atoms with Crippen molar-refractivity contribution >= 4 is 28.9 Å². The number of anilines is 1. The molecular formula is C15H14Cl2N2. The summed E-state index contributed by atoms with van der Waals surface area (Å²) in [5.74, 6) is 0. The Morgan fingerprint density at radius 2 is 2.11 bits per heavy atom. The summed E-state index contributed by atoms with van der Waals surface area (Å²) in [4.78, 5) is 2.45. The van der Waals surface area contributed by atoms with Crippen LogP contribution in [-0.4, -0.2) is 11.1 Å². The number of benzene rings is 1. The topological polar surface area (TPSA) is 8.17 Å². The van der Waals surface area contributed by atoms with Crippen LogP contribution in [0.1, 0.15) is 25.5 Å². The van der Waals surface area contributed by atoms with Gasteiger partial charge in [0, 0.05) is 23.5 Å². The highest BCUT2D eigenvalue weighted by atomic mass is 35.5. The van der Waals surface area contributed by atoms with E-state index in [1.807, 2.05) is 12.1 Å². The molecule has 2 nitrogen and oxygen atoms in total. The predicted molar refractivity (Wildman–Crippen MR) is 79.7 cm³/mol. The highest BCUT2D eigenvalue weighted by molar-refractivity contribution is 6.36. The van der Waals surface area contributed by atoms with Crippen LogP contribution in [0.5, 0.6) is 0 Å². The maximum atomic E-state index is 6.44. The van der Waals surface area contributed by atoms with E-state index in [1.54, 1.807) is 0 Å². The quantitative estimate of drug-likeness (QED) is 0.688. The van der Waals surface area contributed by atoms with E-state index in [0.29, 0.717) is 10.0 Å². The lowest BCUT2D eigenvalue weighted by atomic mass is 9.91. The van der Waals surface area contributed by atoms with E-state index in [-0.39, 0.29) is 5.54 Å². The predicted octanol–water partition coefficient (Wildman–Crippen LogP) is 4.61. The van der Waals surface area contributed by atoms with Gasteiger partial charge in [-0.25, -0.2) is 0 Å². The Bertz CT molecular complexity index is 677. The molecule has 2 aromatic rings. The van der Waals surface area contributed by atoms with Gasteiger partial charge in [0.05, 0.1) is 21.9 Å². The largest absolute Gasteiger partial charge is 0.359 e. The van der Waals surface area contributed by atoms with E-state index < -0.39 is 0 Å². The Hall–Kier alpha value is -1.12. The van der Waals surface area contributed by atoms with Crippen LogP contribution in [0, 0.1) is 0 Å². The Balaban J connectivity index is 2.10. The van der Waals surface area contributed by atoms with Crippen molar-refractivity contribution < 1.29 is 0 Å². The molecular weight excluding hydrogens is 279 g/mol. The van der Waals surface area contributed by atoms with Gasteiger partial charge in [0.2, 0.25) is 0 Å². The van der Waals surface area contributed by atoms with Crippen LogP contribution in [-0.2, 0) is 5.54 Å². The van der Waals surface area contributed by atoms with Crippen LogP contribution in [0.4, 0.5) is 5.69 Å². The summed E-state index contributed by atoms with van der Waals surface area (Å²) < 4.78 is 2.22. The number of nitrogens with zero attached hydrogens (tertiary/aromatic N) is 2. The summed E-state index contributed by atoms with van der Waals surface area (Å²) >= 11 is 12.6. The van der Waals surface area contributed by atoms with E-state index in [0.717, 1.165) is 17.9 Å². The molecule has 2 aliphatic heterocycles. The van der Waals surface area contributed by atoms with Gasteiger partial charge in [-0.1, -0.05) is 23.2 Å². The first-order valence-corrected chi connectivity index (χ1v) is 7.32. The van der Waals surface area contributed by atoms with Crippen LogP contribution in [0.15, 0.2) is 30.5 Å². The first-order valence-electron chi connectivity index (χ1n) is 6.56. The fourth-order valence-corrected chi connectivity index (χ4v) is 4.20. The fourth-order valence-electron chi connectivity index (χ4n) is 3.63. The minimum atomic E-state index is 0.0600. The van der Waals surface area contributed by atoms with Crippen molar-refractivity contribution in [3.05, 3.63) is 46.2 Å².